The summed E-state index contributed by atoms with van der Waals surface area (Å²) in [5.41, 5.74) is -0.199. The molecule has 31 heavy (non-hydrogen) atoms. The van der Waals surface area contributed by atoms with Gasteiger partial charge in [0.1, 0.15) is 18.2 Å². The number of hydrogen-bond acceptors (Lipinski definition) is 5. The molecule has 0 amide bonds. The summed E-state index contributed by atoms with van der Waals surface area (Å²) < 4.78 is 45.1. The topological polar surface area (TPSA) is 88.7 Å². The lowest BCUT2D eigenvalue weighted by atomic mass is 10.3. The van der Waals surface area contributed by atoms with Crippen LogP contribution in [0.3, 0.4) is 0 Å². The van der Waals surface area contributed by atoms with E-state index in [9.17, 15) is 13.2 Å². The highest BCUT2D eigenvalue weighted by atomic mass is 127. The summed E-state index contributed by atoms with van der Waals surface area (Å²) >= 11 is 5.82. The molecular formula is C18H20ClF3IN7O. The molecular weight excluding hydrogens is 550 g/mol. The summed E-state index contributed by atoms with van der Waals surface area (Å²) in [6, 6.07) is 6.39. The third kappa shape index (κ3) is 6.82. The van der Waals surface area contributed by atoms with Gasteiger partial charge in [0.25, 0.3) is 0 Å². The van der Waals surface area contributed by atoms with E-state index in [1.54, 1.807) is 0 Å². The van der Waals surface area contributed by atoms with Gasteiger partial charge in [-0.3, -0.25) is 4.40 Å². The number of rotatable bonds is 7. The largest absolute Gasteiger partial charge is 0.475 e. The van der Waals surface area contributed by atoms with Crippen molar-refractivity contribution in [2.24, 2.45) is 4.99 Å². The minimum atomic E-state index is -4.51. The Balaban J connectivity index is 0.00000341. The molecule has 0 aliphatic rings. The average Bonchev–Trinajstić information content (AvgIpc) is 3.12. The summed E-state index contributed by atoms with van der Waals surface area (Å²) in [5, 5.41) is 14.1. The molecule has 0 unspecified atom stereocenters. The Kier molecular flexibility index (Phi) is 9.10. The lowest BCUT2D eigenvalue weighted by Gasteiger charge is -2.13. The Morgan fingerprint density at radius 1 is 1.26 bits per heavy atom. The molecule has 8 nitrogen and oxygen atoms in total. The van der Waals surface area contributed by atoms with Crippen LogP contribution in [-0.4, -0.2) is 45.2 Å². The number of guanidine groups is 1. The zero-order valence-electron chi connectivity index (χ0n) is 16.4. The van der Waals surface area contributed by atoms with E-state index in [1.807, 2.05) is 35.7 Å². The number of halogens is 5. The molecule has 3 aromatic heterocycles. The van der Waals surface area contributed by atoms with Gasteiger partial charge in [0.15, 0.2) is 17.4 Å². The highest BCUT2D eigenvalue weighted by Gasteiger charge is 2.31. The van der Waals surface area contributed by atoms with Gasteiger partial charge in [-0.05, 0) is 25.1 Å². The van der Waals surface area contributed by atoms with Gasteiger partial charge < -0.3 is 15.4 Å². The molecule has 13 heteroatoms. The molecule has 3 rings (SSSR count). The highest BCUT2D eigenvalue weighted by Crippen LogP contribution is 2.32. The number of aliphatic imine (C=N–C) groups is 1. The van der Waals surface area contributed by atoms with Crippen molar-refractivity contribution in [1.82, 2.24) is 30.2 Å². The van der Waals surface area contributed by atoms with E-state index < -0.39 is 11.7 Å². The summed E-state index contributed by atoms with van der Waals surface area (Å²) in [5.74, 6) is 1.14. The van der Waals surface area contributed by atoms with Crippen LogP contribution in [0.4, 0.5) is 13.2 Å². The van der Waals surface area contributed by atoms with Crippen molar-refractivity contribution in [2.75, 3.05) is 19.7 Å². The molecule has 3 aromatic rings. The quantitative estimate of drug-likeness (QED) is 0.196. The third-order valence-corrected chi connectivity index (χ3v) is 4.15. The van der Waals surface area contributed by atoms with Crippen LogP contribution in [0.5, 0.6) is 5.88 Å². The molecule has 0 radical (unpaired) electrons. The molecule has 3 heterocycles. The van der Waals surface area contributed by atoms with Crippen LogP contribution < -0.4 is 15.4 Å². The molecule has 168 valence electrons. The SMILES string of the molecule is CCNC(=NCc1nnc2ccccn12)NCCOc1ncc(C(F)(F)F)cc1Cl.I. The predicted octanol–water partition coefficient (Wildman–Crippen LogP) is 3.55. The zero-order valence-corrected chi connectivity index (χ0v) is 19.4. The van der Waals surface area contributed by atoms with Gasteiger partial charge in [-0.25, -0.2) is 9.98 Å². The van der Waals surface area contributed by atoms with Crippen molar-refractivity contribution < 1.29 is 17.9 Å². The third-order valence-electron chi connectivity index (χ3n) is 3.88. The number of pyridine rings is 2. The number of hydrogen-bond donors (Lipinski definition) is 2. The van der Waals surface area contributed by atoms with E-state index in [-0.39, 0.29) is 41.5 Å². The first-order valence-electron chi connectivity index (χ1n) is 9.05. The fourth-order valence-corrected chi connectivity index (χ4v) is 2.71. The Labute approximate surface area is 198 Å². The average molecular weight is 570 g/mol. The first-order valence-corrected chi connectivity index (χ1v) is 9.42. The van der Waals surface area contributed by atoms with Gasteiger partial charge >= 0.3 is 6.18 Å². The Hall–Kier alpha value is -2.35. The molecule has 0 saturated heterocycles. The van der Waals surface area contributed by atoms with Crippen molar-refractivity contribution in [3.63, 3.8) is 0 Å². The second-order valence-corrected chi connectivity index (χ2v) is 6.43. The van der Waals surface area contributed by atoms with E-state index in [2.05, 4.69) is 30.8 Å². The molecule has 0 atom stereocenters. The van der Waals surface area contributed by atoms with Crippen molar-refractivity contribution in [1.29, 1.82) is 0 Å². The van der Waals surface area contributed by atoms with E-state index in [1.165, 1.54) is 0 Å². The maximum atomic E-state index is 12.6. The zero-order chi connectivity index (χ0) is 21.6. The fraction of sp³-hybridized carbons (Fsp3) is 0.333. The van der Waals surface area contributed by atoms with Crippen molar-refractivity contribution in [3.05, 3.63) is 53.1 Å². The molecule has 0 saturated carbocycles. The molecule has 2 N–H and O–H groups in total. The molecule has 0 bridgehead atoms. The molecule has 0 aliphatic carbocycles. The number of nitrogens with one attached hydrogen (secondary N) is 2. The van der Waals surface area contributed by atoms with Gasteiger partial charge in [0.05, 0.1) is 12.1 Å². The van der Waals surface area contributed by atoms with Crippen LogP contribution in [-0.2, 0) is 12.7 Å². The number of aromatic nitrogens is 4. The van der Waals surface area contributed by atoms with E-state index in [0.717, 1.165) is 11.7 Å². The Morgan fingerprint density at radius 2 is 2.06 bits per heavy atom. The van der Waals surface area contributed by atoms with Crippen LogP contribution in [0.25, 0.3) is 5.65 Å². The first-order chi connectivity index (χ1) is 14.4. The van der Waals surface area contributed by atoms with Crippen LogP contribution >= 0.6 is 35.6 Å². The van der Waals surface area contributed by atoms with Gasteiger partial charge in [-0.1, -0.05) is 17.7 Å². The molecule has 0 aliphatic heterocycles. The molecule has 0 spiro atoms. The fourth-order valence-electron chi connectivity index (χ4n) is 2.49. The summed E-state index contributed by atoms with van der Waals surface area (Å²) in [6.45, 7) is 3.31. The van der Waals surface area contributed by atoms with Gasteiger partial charge in [-0.15, -0.1) is 34.2 Å². The maximum absolute atomic E-state index is 12.6. The van der Waals surface area contributed by atoms with E-state index in [4.69, 9.17) is 16.3 Å². The number of alkyl halides is 3. The monoisotopic (exact) mass is 569 g/mol. The standard InChI is InChI=1S/C18H19ClF3N7O.HI/c1-2-23-17(26-11-15-28-27-14-5-3-4-7-29(14)15)24-6-8-30-16-13(19)9-12(10-25-16)18(20,21)22;/h3-5,7,9-10H,2,6,8,11H2,1H3,(H2,23,24,26);1H. The summed E-state index contributed by atoms with van der Waals surface area (Å²) in [4.78, 5) is 8.09. The van der Waals surface area contributed by atoms with Crippen LogP contribution in [0, 0.1) is 0 Å². The smallest absolute Gasteiger partial charge is 0.417 e. The van der Waals surface area contributed by atoms with Crippen molar-refractivity contribution >= 4 is 47.2 Å². The minimum Gasteiger partial charge on any atom is -0.475 e. The van der Waals surface area contributed by atoms with Crippen LogP contribution in [0.15, 0.2) is 41.7 Å². The molecule has 0 aromatic carbocycles. The van der Waals surface area contributed by atoms with Gasteiger partial charge in [-0.2, -0.15) is 13.2 Å². The van der Waals surface area contributed by atoms with E-state index in [0.29, 0.717) is 37.6 Å². The molecule has 0 fully saturated rings. The predicted molar refractivity (Wildman–Crippen MR) is 121 cm³/mol. The van der Waals surface area contributed by atoms with Crippen molar-refractivity contribution in [3.8, 4) is 5.88 Å². The lowest BCUT2D eigenvalue weighted by molar-refractivity contribution is -0.137. The minimum absolute atomic E-state index is 0. The number of ether oxygens (including phenoxy) is 1. The van der Waals surface area contributed by atoms with E-state index >= 15 is 0 Å². The summed E-state index contributed by atoms with van der Waals surface area (Å²) in [6.07, 6.45) is -1.97. The van der Waals surface area contributed by atoms with Crippen LogP contribution in [0.2, 0.25) is 5.02 Å². The van der Waals surface area contributed by atoms with Gasteiger partial charge in [0.2, 0.25) is 5.88 Å². The highest BCUT2D eigenvalue weighted by molar-refractivity contribution is 14.0. The second-order valence-electron chi connectivity index (χ2n) is 6.02. The number of nitrogens with zero attached hydrogens (tertiary/aromatic N) is 5. The Morgan fingerprint density at radius 3 is 2.77 bits per heavy atom. The Bertz CT molecular complexity index is 1030. The number of fused-ring (bicyclic) bond motifs is 1. The normalized spacial score (nSPS) is 11.8. The first kappa shape index (κ1) is 24.9. The lowest BCUT2D eigenvalue weighted by Crippen LogP contribution is -2.39. The maximum Gasteiger partial charge on any atom is 0.417 e. The summed E-state index contributed by atoms with van der Waals surface area (Å²) in [7, 11) is 0. The van der Waals surface area contributed by atoms with Crippen LogP contribution in [0.1, 0.15) is 18.3 Å². The van der Waals surface area contributed by atoms with Crippen molar-refractivity contribution in [2.45, 2.75) is 19.6 Å². The van der Waals surface area contributed by atoms with Gasteiger partial charge in [0, 0.05) is 18.9 Å². The second kappa shape index (κ2) is 11.3.